The maximum absolute atomic E-state index is 13.6. The van der Waals surface area contributed by atoms with Gasteiger partial charge in [-0.2, -0.15) is 0 Å². The standard InChI is InChI=1S/C24H32N2O3/c1-17-13-15-25(16-14-17)22-21(18-9-11-20(29-2)12-10-18)23(27)26(24(22)28)19-7-5-3-4-6-8-19/h9-12,17,19H,3-8,13-16H2,1-2H3. The maximum Gasteiger partial charge on any atom is 0.278 e. The molecular formula is C24H32N2O3. The molecule has 0 N–H and O–H groups in total. The minimum atomic E-state index is -0.110. The Balaban J connectivity index is 1.71. The van der Waals surface area contributed by atoms with E-state index in [1.165, 1.54) is 12.8 Å². The number of piperidine rings is 1. The summed E-state index contributed by atoms with van der Waals surface area (Å²) in [6.45, 7) is 3.94. The van der Waals surface area contributed by atoms with E-state index in [4.69, 9.17) is 4.74 Å². The van der Waals surface area contributed by atoms with Crippen molar-refractivity contribution in [3.05, 3.63) is 35.5 Å². The molecule has 3 aliphatic rings. The molecule has 29 heavy (non-hydrogen) atoms. The minimum absolute atomic E-state index is 0.0342. The fourth-order valence-electron chi connectivity index (χ4n) is 4.93. The molecular weight excluding hydrogens is 364 g/mol. The number of nitrogens with zero attached hydrogens (tertiary/aromatic N) is 2. The van der Waals surface area contributed by atoms with E-state index in [2.05, 4.69) is 11.8 Å². The van der Waals surface area contributed by atoms with E-state index in [9.17, 15) is 9.59 Å². The number of benzene rings is 1. The van der Waals surface area contributed by atoms with Crippen LogP contribution in [0, 0.1) is 5.92 Å². The third kappa shape index (κ3) is 3.92. The normalized spacial score (nSPS) is 22.4. The molecule has 2 aliphatic heterocycles. The fraction of sp³-hybridized carbons (Fsp3) is 0.583. The summed E-state index contributed by atoms with van der Waals surface area (Å²) in [5, 5.41) is 0. The molecule has 0 radical (unpaired) electrons. The Morgan fingerprint density at radius 1 is 0.862 bits per heavy atom. The Kier molecular flexibility index (Phi) is 5.93. The second-order valence-electron chi connectivity index (χ2n) is 8.75. The first-order chi connectivity index (χ1) is 14.1. The summed E-state index contributed by atoms with van der Waals surface area (Å²) in [6.07, 6.45) is 8.56. The Hall–Kier alpha value is -2.30. The van der Waals surface area contributed by atoms with Crippen molar-refractivity contribution in [3.8, 4) is 5.75 Å². The minimum Gasteiger partial charge on any atom is -0.497 e. The van der Waals surface area contributed by atoms with Crippen LogP contribution in [0.1, 0.15) is 63.9 Å². The Bertz CT molecular complexity index is 783. The number of hydrogen-bond donors (Lipinski definition) is 0. The molecule has 1 aliphatic carbocycles. The number of likely N-dealkylation sites (tertiary alicyclic amines) is 1. The smallest absolute Gasteiger partial charge is 0.278 e. The highest BCUT2D eigenvalue weighted by atomic mass is 16.5. The lowest BCUT2D eigenvalue weighted by Gasteiger charge is -2.33. The van der Waals surface area contributed by atoms with E-state index in [1.807, 2.05) is 24.3 Å². The van der Waals surface area contributed by atoms with Crippen LogP contribution in [0.3, 0.4) is 0 Å². The molecule has 1 saturated carbocycles. The number of amides is 2. The topological polar surface area (TPSA) is 49.9 Å². The van der Waals surface area contributed by atoms with Gasteiger partial charge in [-0.05, 0) is 49.3 Å². The van der Waals surface area contributed by atoms with Crippen molar-refractivity contribution in [1.82, 2.24) is 9.80 Å². The maximum atomic E-state index is 13.6. The van der Waals surface area contributed by atoms with Crippen LogP contribution in [0.15, 0.2) is 30.0 Å². The molecule has 4 rings (SSSR count). The first-order valence-electron chi connectivity index (χ1n) is 11.1. The van der Waals surface area contributed by atoms with Crippen molar-refractivity contribution in [3.63, 3.8) is 0 Å². The summed E-state index contributed by atoms with van der Waals surface area (Å²) in [5.74, 6) is 1.23. The van der Waals surface area contributed by atoms with Gasteiger partial charge in [-0.25, -0.2) is 0 Å². The van der Waals surface area contributed by atoms with Crippen molar-refractivity contribution in [2.24, 2.45) is 5.92 Å². The van der Waals surface area contributed by atoms with Gasteiger partial charge in [0, 0.05) is 19.1 Å². The van der Waals surface area contributed by atoms with Crippen LogP contribution in [-0.2, 0) is 9.59 Å². The van der Waals surface area contributed by atoms with Crippen LogP contribution in [0.25, 0.3) is 5.57 Å². The molecule has 2 heterocycles. The number of rotatable bonds is 4. The molecule has 156 valence electrons. The molecule has 0 aromatic heterocycles. The highest BCUT2D eigenvalue weighted by Gasteiger charge is 2.45. The SMILES string of the molecule is COc1ccc(C2=C(N3CCC(C)CC3)C(=O)N(C3CCCCCC3)C2=O)cc1. The summed E-state index contributed by atoms with van der Waals surface area (Å²) in [5.41, 5.74) is 2.02. The van der Waals surface area contributed by atoms with E-state index in [0.717, 1.165) is 62.9 Å². The number of ether oxygens (including phenoxy) is 1. The summed E-state index contributed by atoms with van der Waals surface area (Å²) in [7, 11) is 1.63. The predicted molar refractivity (Wildman–Crippen MR) is 113 cm³/mol. The lowest BCUT2D eigenvalue weighted by molar-refractivity contribution is -0.140. The number of methoxy groups -OCH3 is 1. The van der Waals surface area contributed by atoms with Crippen LogP contribution >= 0.6 is 0 Å². The molecule has 0 bridgehead atoms. The van der Waals surface area contributed by atoms with Crippen molar-refractivity contribution in [2.45, 2.75) is 64.3 Å². The van der Waals surface area contributed by atoms with E-state index in [1.54, 1.807) is 12.0 Å². The lowest BCUT2D eigenvalue weighted by Crippen LogP contribution is -2.43. The van der Waals surface area contributed by atoms with Crippen molar-refractivity contribution >= 4 is 17.4 Å². The molecule has 2 amide bonds. The van der Waals surface area contributed by atoms with E-state index in [-0.39, 0.29) is 17.9 Å². The van der Waals surface area contributed by atoms with Crippen LogP contribution in [0.5, 0.6) is 5.75 Å². The van der Waals surface area contributed by atoms with E-state index in [0.29, 0.717) is 17.2 Å². The van der Waals surface area contributed by atoms with Gasteiger partial charge in [0.2, 0.25) is 0 Å². The first kappa shape index (κ1) is 20.0. The third-order valence-electron chi connectivity index (χ3n) is 6.76. The van der Waals surface area contributed by atoms with E-state index >= 15 is 0 Å². The molecule has 0 atom stereocenters. The van der Waals surface area contributed by atoms with Gasteiger partial charge in [-0.3, -0.25) is 14.5 Å². The average Bonchev–Trinajstić information content (AvgIpc) is 2.90. The second kappa shape index (κ2) is 8.60. The molecule has 0 spiro atoms. The van der Waals surface area contributed by atoms with Crippen molar-refractivity contribution in [2.75, 3.05) is 20.2 Å². The molecule has 1 aromatic rings. The first-order valence-corrected chi connectivity index (χ1v) is 11.1. The highest BCUT2D eigenvalue weighted by molar-refractivity contribution is 6.35. The number of imide groups is 1. The van der Waals surface area contributed by atoms with Gasteiger partial charge in [-0.15, -0.1) is 0 Å². The Morgan fingerprint density at radius 2 is 1.48 bits per heavy atom. The van der Waals surface area contributed by atoms with Gasteiger partial charge < -0.3 is 9.64 Å². The number of carbonyl (C=O) groups excluding carboxylic acids is 2. The Labute approximate surface area is 173 Å². The monoisotopic (exact) mass is 396 g/mol. The quantitative estimate of drug-likeness (QED) is 0.565. The number of carbonyl (C=O) groups is 2. The largest absolute Gasteiger partial charge is 0.497 e. The van der Waals surface area contributed by atoms with Gasteiger partial charge in [0.15, 0.2) is 0 Å². The Morgan fingerprint density at radius 3 is 2.07 bits per heavy atom. The molecule has 0 unspecified atom stereocenters. The van der Waals surface area contributed by atoms with Gasteiger partial charge in [0.25, 0.3) is 11.8 Å². The lowest BCUT2D eigenvalue weighted by atomic mass is 9.97. The summed E-state index contributed by atoms with van der Waals surface area (Å²) < 4.78 is 5.28. The van der Waals surface area contributed by atoms with Gasteiger partial charge in [-0.1, -0.05) is 44.7 Å². The summed E-state index contributed by atoms with van der Waals surface area (Å²) in [6, 6.07) is 7.58. The zero-order valence-corrected chi connectivity index (χ0v) is 17.7. The van der Waals surface area contributed by atoms with Crippen molar-refractivity contribution in [1.29, 1.82) is 0 Å². The predicted octanol–water partition coefficient (Wildman–Crippen LogP) is 4.23. The highest BCUT2D eigenvalue weighted by Crippen LogP contribution is 2.37. The second-order valence-corrected chi connectivity index (χ2v) is 8.75. The molecule has 2 fully saturated rings. The van der Waals surface area contributed by atoms with Crippen molar-refractivity contribution < 1.29 is 14.3 Å². The van der Waals surface area contributed by atoms with E-state index < -0.39 is 0 Å². The zero-order valence-electron chi connectivity index (χ0n) is 17.7. The third-order valence-corrected chi connectivity index (χ3v) is 6.76. The number of hydrogen-bond acceptors (Lipinski definition) is 4. The molecule has 5 heteroatoms. The summed E-state index contributed by atoms with van der Waals surface area (Å²) >= 11 is 0. The molecule has 1 aromatic carbocycles. The summed E-state index contributed by atoms with van der Waals surface area (Å²) in [4.78, 5) is 30.9. The average molecular weight is 397 g/mol. The van der Waals surface area contributed by atoms with Crippen LogP contribution < -0.4 is 4.74 Å². The van der Waals surface area contributed by atoms with Crippen LogP contribution in [0.2, 0.25) is 0 Å². The van der Waals surface area contributed by atoms with Gasteiger partial charge >= 0.3 is 0 Å². The molecule has 5 nitrogen and oxygen atoms in total. The van der Waals surface area contributed by atoms with Gasteiger partial charge in [0.1, 0.15) is 11.4 Å². The fourth-order valence-corrected chi connectivity index (χ4v) is 4.93. The van der Waals surface area contributed by atoms with Gasteiger partial charge in [0.05, 0.1) is 12.7 Å². The van der Waals surface area contributed by atoms with Crippen LogP contribution in [-0.4, -0.2) is 47.9 Å². The molecule has 1 saturated heterocycles. The zero-order chi connectivity index (χ0) is 20.4. The van der Waals surface area contributed by atoms with Crippen LogP contribution in [0.4, 0.5) is 0 Å².